The third kappa shape index (κ3) is 5.16. The van der Waals surface area contributed by atoms with E-state index in [2.05, 4.69) is 15.5 Å². The molecule has 170 valence electrons. The first-order valence-corrected chi connectivity index (χ1v) is 11.2. The van der Waals surface area contributed by atoms with Crippen molar-refractivity contribution in [2.45, 2.75) is 27.1 Å². The fourth-order valence-corrected chi connectivity index (χ4v) is 4.00. The number of carbonyl (C=O) groups is 1. The summed E-state index contributed by atoms with van der Waals surface area (Å²) in [6.07, 6.45) is 1.66. The molecule has 10 heteroatoms. The lowest BCUT2D eigenvalue weighted by Crippen LogP contribution is -2.15. The van der Waals surface area contributed by atoms with Crippen LogP contribution in [-0.4, -0.2) is 25.5 Å². The molecule has 4 aromatic rings. The van der Waals surface area contributed by atoms with Gasteiger partial charge in [0.25, 0.3) is 5.91 Å². The Kier molecular flexibility index (Phi) is 6.93. The largest absolute Gasteiger partial charge is 0.470 e. The van der Waals surface area contributed by atoms with E-state index in [1.165, 1.54) is 4.68 Å². The molecule has 7 nitrogen and oxygen atoms in total. The molecular weight excluding hydrogens is 485 g/mol. The van der Waals surface area contributed by atoms with Crippen molar-refractivity contribution in [3.63, 3.8) is 0 Å². The molecule has 0 unspecified atom stereocenters. The van der Waals surface area contributed by atoms with Crippen molar-refractivity contribution >= 4 is 46.4 Å². The molecule has 0 aliphatic rings. The number of amides is 1. The average molecular weight is 505 g/mol. The molecule has 0 aliphatic carbocycles. The Morgan fingerprint density at radius 2 is 1.67 bits per heavy atom. The van der Waals surface area contributed by atoms with Gasteiger partial charge in [-0.3, -0.25) is 9.48 Å². The summed E-state index contributed by atoms with van der Waals surface area (Å²) in [6, 6.07) is 14.1. The van der Waals surface area contributed by atoms with Crippen molar-refractivity contribution in [1.82, 2.24) is 19.6 Å². The van der Waals surface area contributed by atoms with Gasteiger partial charge in [-0.15, -0.1) is 0 Å². The molecule has 0 aliphatic heterocycles. The highest BCUT2D eigenvalue weighted by molar-refractivity contribution is 6.36. The molecule has 1 N–H and O–H groups in total. The summed E-state index contributed by atoms with van der Waals surface area (Å²) >= 11 is 18.7. The zero-order valence-electron chi connectivity index (χ0n) is 17.8. The molecule has 33 heavy (non-hydrogen) atoms. The van der Waals surface area contributed by atoms with Crippen LogP contribution in [0.15, 0.2) is 54.7 Å². The number of hydrogen-bond acceptors (Lipinski definition) is 4. The maximum atomic E-state index is 12.8. The van der Waals surface area contributed by atoms with E-state index >= 15 is 0 Å². The van der Waals surface area contributed by atoms with Crippen molar-refractivity contribution in [3.8, 4) is 5.75 Å². The second-order valence-corrected chi connectivity index (χ2v) is 8.52. The number of anilines is 1. The molecule has 4 rings (SSSR count). The number of ether oxygens (including phenoxy) is 1. The number of aromatic nitrogens is 4. The lowest BCUT2D eigenvalue weighted by Gasteiger charge is -2.09. The summed E-state index contributed by atoms with van der Waals surface area (Å²) in [4.78, 5) is 12.8. The Morgan fingerprint density at radius 1 is 0.970 bits per heavy atom. The van der Waals surface area contributed by atoms with Crippen molar-refractivity contribution in [1.29, 1.82) is 0 Å². The summed E-state index contributed by atoms with van der Waals surface area (Å²) in [5.41, 5.74) is 3.08. The number of hydrogen-bond donors (Lipinski definition) is 1. The van der Waals surface area contributed by atoms with E-state index in [0.29, 0.717) is 38.7 Å². The van der Waals surface area contributed by atoms with Gasteiger partial charge in [0.1, 0.15) is 5.75 Å². The standard InChI is InChI=1S/C23H20Cl3N5O2/c1-14-22(15(2)31(28-14)12-16-17(24)7-5-8-18(16)25)27-23(32)20-10-11-30(29-20)13-33-21-9-4-3-6-19(21)26/h3-11H,12-13H2,1-2H3,(H,27,32). The van der Waals surface area contributed by atoms with Gasteiger partial charge in [-0.05, 0) is 44.2 Å². The number of halogens is 3. The quantitative estimate of drug-likeness (QED) is 0.335. The topological polar surface area (TPSA) is 74.0 Å². The Morgan fingerprint density at radius 3 is 2.39 bits per heavy atom. The maximum Gasteiger partial charge on any atom is 0.276 e. The van der Waals surface area contributed by atoms with Crippen LogP contribution in [0.25, 0.3) is 0 Å². The van der Waals surface area contributed by atoms with Crippen molar-refractivity contribution in [2.75, 3.05) is 5.32 Å². The average Bonchev–Trinajstić information content (AvgIpc) is 3.36. The van der Waals surface area contributed by atoms with E-state index in [9.17, 15) is 4.79 Å². The SMILES string of the molecule is Cc1nn(Cc2c(Cl)cccc2Cl)c(C)c1NC(=O)c1ccn(COc2ccccc2Cl)n1. The highest BCUT2D eigenvalue weighted by Crippen LogP contribution is 2.28. The van der Waals surface area contributed by atoms with Crippen LogP contribution in [0, 0.1) is 13.8 Å². The van der Waals surface area contributed by atoms with Gasteiger partial charge < -0.3 is 10.1 Å². The number of nitrogens with one attached hydrogen (secondary N) is 1. The van der Waals surface area contributed by atoms with E-state index in [-0.39, 0.29) is 18.3 Å². The Hall–Kier alpha value is -3.00. The molecule has 2 aromatic carbocycles. The first kappa shape index (κ1) is 23.2. The van der Waals surface area contributed by atoms with Gasteiger partial charge in [-0.2, -0.15) is 10.2 Å². The zero-order chi connectivity index (χ0) is 23.5. The predicted octanol–water partition coefficient (Wildman–Crippen LogP) is 5.99. The molecule has 0 radical (unpaired) electrons. The maximum absolute atomic E-state index is 12.8. The van der Waals surface area contributed by atoms with E-state index in [1.54, 1.807) is 47.3 Å². The molecule has 2 heterocycles. The van der Waals surface area contributed by atoms with Crippen molar-refractivity contribution in [2.24, 2.45) is 0 Å². The van der Waals surface area contributed by atoms with E-state index < -0.39 is 0 Å². The first-order valence-electron chi connectivity index (χ1n) is 10.0. The van der Waals surface area contributed by atoms with Crippen LogP contribution < -0.4 is 10.1 Å². The molecule has 1 amide bonds. The van der Waals surface area contributed by atoms with Crippen LogP contribution in [0.1, 0.15) is 27.4 Å². The van der Waals surface area contributed by atoms with Gasteiger partial charge in [0.2, 0.25) is 0 Å². The summed E-state index contributed by atoms with van der Waals surface area (Å²) < 4.78 is 8.93. The minimum atomic E-state index is -0.354. The molecule has 0 bridgehead atoms. The van der Waals surface area contributed by atoms with Gasteiger partial charge >= 0.3 is 0 Å². The molecule has 0 saturated carbocycles. The summed E-state index contributed by atoms with van der Waals surface area (Å²) in [5, 5.41) is 13.3. The summed E-state index contributed by atoms with van der Waals surface area (Å²) in [5.74, 6) is 0.186. The Bertz CT molecular complexity index is 1300. The van der Waals surface area contributed by atoms with Crippen LogP contribution in [0.4, 0.5) is 5.69 Å². The molecule has 0 fully saturated rings. The fourth-order valence-electron chi connectivity index (χ4n) is 3.29. The normalized spacial score (nSPS) is 10.9. The number of benzene rings is 2. The van der Waals surface area contributed by atoms with E-state index in [4.69, 9.17) is 39.5 Å². The molecule has 0 saturated heterocycles. The van der Waals surface area contributed by atoms with Crippen LogP contribution in [0.5, 0.6) is 5.75 Å². The first-order chi connectivity index (χ1) is 15.8. The third-order valence-electron chi connectivity index (χ3n) is 5.05. The van der Waals surface area contributed by atoms with Crippen LogP contribution >= 0.6 is 34.8 Å². The molecule has 0 spiro atoms. The molecule has 2 aromatic heterocycles. The second kappa shape index (κ2) is 9.87. The van der Waals surface area contributed by atoms with Crippen molar-refractivity contribution < 1.29 is 9.53 Å². The summed E-state index contributed by atoms with van der Waals surface area (Å²) in [7, 11) is 0. The second-order valence-electron chi connectivity index (χ2n) is 7.30. The van der Waals surface area contributed by atoms with Crippen LogP contribution in [0.3, 0.4) is 0 Å². The monoisotopic (exact) mass is 503 g/mol. The number of nitrogens with zero attached hydrogens (tertiary/aromatic N) is 4. The Balaban J connectivity index is 1.45. The fraction of sp³-hybridized carbons (Fsp3) is 0.174. The molecule has 0 atom stereocenters. The minimum Gasteiger partial charge on any atom is -0.470 e. The van der Waals surface area contributed by atoms with Gasteiger partial charge in [0, 0.05) is 21.8 Å². The van der Waals surface area contributed by atoms with E-state index in [1.807, 2.05) is 26.0 Å². The zero-order valence-corrected chi connectivity index (χ0v) is 20.1. The lowest BCUT2D eigenvalue weighted by atomic mass is 10.2. The smallest absolute Gasteiger partial charge is 0.276 e. The number of carbonyl (C=O) groups excluding carboxylic acids is 1. The van der Waals surface area contributed by atoms with Crippen LogP contribution in [-0.2, 0) is 13.3 Å². The van der Waals surface area contributed by atoms with Gasteiger partial charge in [-0.25, -0.2) is 4.68 Å². The highest BCUT2D eigenvalue weighted by Gasteiger charge is 2.18. The molecular formula is C23H20Cl3N5O2. The number of para-hydroxylation sites is 1. The lowest BCUT2D eigenvalue weighted by molar-refractivity contribution is 0.102. The Labute approximate surface area is 205 Å². The van der Waals surface area contributed by atoms with Crippen molar-refractivity contribution in [3.05, 3.63) is 92.4 Å². The summed E-state index contributed by atoms with van der Waals surface area (Å²) in [6.45, 7) is 4.19. The number of rotatable bonds is 7. The minimum absolute atomic E-state index is 0.117. The van der Waals surface area contributed by atoms with Crippen LogP contribution in [0.2, 0.25) is 15.1 Å². The predicted molar refractivity (Wildman–Crippen MR) is 130 cm³/mol. The van der Waals surface area contributed by atoms with Gasteiger partial charge in [0.15, 0.2) is 12.4 Å². The van der Waals surface area contributed by atoms with E-state index in [0.717, 1.165) is 11.3 Å². The number of aryl methyl sites for hydroxylation is 1. The van der Waals surface area contributed by atoms with Gasteiger partial charge in [0.05, 0.1) is 28.6 Å². The highest BCUT2D eigenvalue weighted by atomic mass is 35.5. The third-order valence-corrected chi connectivity index (χ3v) is 6.07. The van der Waals surface area contributed by atoms with Gasteiger partial charge in [-0.1, -0.05) is 53.0 Å².